The predicted molar refractivity (Wildman–Crippen MR) is 103 cm³/mol. The van der Waals surface area contributed by atoms with Crippen LogP contribution in [0.25, 0.3) is 17.4 Å². The Morgan fingerprint density at radius 2 is 2.07 bits per heavy atom. The molecular weight excluding hydrogens is 401 g/mol. The van der Waals surface area contributed by atoms with Crippen LogP contribution in [0.15, 0.2) is 50.3 Å². The molecule has 29 heavy (non-hydrogen) atoms. The minimum atomic E-state index is -0.564. The molecule has 1 aliphatic heterocycles. The van der Waals surface area contributed by atoms with Gasteiger partial charge in [-0.25, -0.2) is 13.9 Å². The number of amides is 2. The molecule has 0 atom stereocenters. The largest absolute Gasteiger partial charge is 0.457 e. The lowest BCUT2D eigenvalue weighted by Gasteiger charge is -2.10. The van der Waals surface area contributed by atoms with Crippen molar-refractivity contribution in [3.05, 3.63) is 52.9 Å². The van der Waals surface area contributed by atoms with E-state index in [1.165, 1.54) is 19.1 Å². The summed E-state index contributed by atoms with van der Waals surface area (Å²) < 4.78 is 24.1. The number of anilines is 2. The summed E-state index contributed by atoms with van der Waals surface area (Å²) in [7, 11) is 0. The normalized spacial score (nSPS) is 15.4. The van der Waals surface area contributed by atoms with Gasteiger partial charge in [0.05, 0.1) is 10.5 Å². The van der Waals surface area contributed by atoms with Crippen LogP contribution in [0.3, 0.4) is 0 Å². The molecule has 3 aromatic rings. The molecule has 0 radical (unpaired) electrons. The van der Waals surface area contributed by atoms with Gasteiger partial charge in [0.25, 0.3) is 5.91 Å². The van der Waals surface area contributed by atoms with E-state index in [1.807, 2.05) is 0 Å². The van der Waals surface area contributed by atoms with E-state index in [4.69, 9.17) is 9.83 Å². The number of benzene rings is 1. The fraction of sp³-hybridized carbons (Fsp3) is 0.0556. The van der Waals surface area contributed by atoms with E-state index < -0.39 is 17.6 Å². The smallest absolute Gasteiger partial charge is 0.272 e. The summed E-state index contributed by atoms with van der Waals surface area (Å²) in [5, 5.41) is 17.5. The van der Waals surface area contributed by atoms with E-state index in [0.29, 0.717) is 17.1 Å². The van der Waals surface area contributed by atoms with Crippen molar-refractivity contribution < 1.29 is 23.0 Å². The number of halogens is 1. The van der Waals surface area contributed by atoms with Gasteiger partial charge in [0.1, 0.15) is 17.3 Å². The number of hydrogen-bond donors (Lipinski definition) is 2. The van der Waals surface area contributed by atoms with Gasteiger partial charge < -0.3 is 9.73 Å². The number of furan rings is 1. The van der Waals surface area contributed by atoms with Crippen LogP contribution < -0.4 is 10.2 Å². The fourth-order valence-corrected chi connectivity index (χ4v) is 3.44. The second kappa shape index (κ2) is 7.36. The SMILES string of the molecule is CC(=O)Nc1nonc1N1C(=N)SC(=Cc2ccc(-c3ccccc3F)o2)C1=O. The van der Waals surface area contributed by atoms with Crippen LogP contribution in [0.2, 0.25) is 0 Å². The van der Waals surface area contributed by atoms with Crippen molar-refractivity contribution in [1.82, 2.24) is 10.3 Å². The summed E-state index contributed by atoms with van der Waals surface area (Å²) in [4.78, 5) is 25.2. The van der Waals surface area contributed by atoms with Gasteiger partial charge in [-0.3, -0.25) is 15.0 Å². The highest BCUT2D eigenvalue weighted by Gasteiger charge is 2.38. The lowest BCUT2D eigenvalue weighted by Crippen LogP contribution is -2.29. The maximum atomic E-state index is 13.9. The van der Waals surface area contributed by atoms with Crippen molar-refractivity contribution in [3.8, 4) is 11.3 Å². The van der Waals surface area contributed by atoms with Crippen LogP contribution >= 0.6 is 11.8 Å². The van der Waals surface area contributed by atoms with Gasteiger partial charge in [-0.05, 0) is 46.3 Å². The van der Waals surface area contributed by atoms with Crippen molar-refractivity contribution in [2.45, 2.75) is 6.92 Å². The van der Waals surface area contributed by atoms with E-state index in [1.54, 1.807) is 30.3 Å². The third-order valence-electron chi connectivity index (χ3n) is 3.84. The molecule has 0 saturated carbocycles. The zero-order valence-electron chi connectivity index (χ0n) is 14.8. The van der Waals surface area contributed by atoms with Crippen molar-refractivity contribution in [1.29, 1.82) is 5.41 Å². The average molecular weight is 413 g/mol. The van der Waals surface area contributed by atoms with E-state index in [-0.39, 0.29) is 21.7 Å². The monoisotopic (exact) mass is 413 g/mol. The molecule has 11 heteroatoms. The lowest BCUT2D eigenvalue weighted by atomic mass is 10.1. The van der Waals surface area contributed by atoms with Crippen LogP contribution in [0.1, 0.15) is 12.7 Å². The second-order valence-corrected chi connectivity index (χ2v) is 6.89. The number of rotatable bonds is 4. The average Bonchev–Trinajstić information content (AvgIpc) is 3.37. The third kappa shape index (κ3) is 3.55. The number of amidine groups is 1. The van der Waals surface area contributed by atoms with Crippen LogP contribution in [-0.4, -0.2) is 27.3 Å². The number of carbonyl (C=O) groups excluding carboxylic acids is 2. The molecule has 1 saturated heterocycles. The molecule has 0 spiro atoms. The highest BCUT2D eigenvalue weighted by Crippen LogP contribution is 2.37. The molecule has 2 amide bonds. The molecule has 9 nitrogen and oxygen atoms in total. The van der Waals surface area contributed by atoms with E-state index in [9.17, 15) is 14.0 Å². The summed E-state index contributed by atoms with van der Waals surface area (Å²) in [5.74, 6) is -0.967. The summed E-state index contributed by atoms with van der Waals surface area (Å²) in [6.45, 7) is 1.26. The first kappa shape index (κ1) is 18.6. The zero-order valence-corrected chi connectivity index (χ0v) is 15.6. The molecule has 1 aliphatic rings. The van der Waals surface area contributed by atoms with Crippen LogP contribution in [-0.2, 0) is 9.59 Å². The first-order valence-electron chi connectivity index (χ1n) is 8.21. The Labute approximate surface area is 167 Å². The fourth-order valence-electron chi connectivity index (χ4n) is 2.62. The molecule has 2 N–H and O–H groups in total. The Balaban J connectivity index is 1.61. The molecule has 146 valence electrons. The van der Waals surface area contributed by atoms with Crippen molar-refractivity contribution in [2.24, 2.45) is 0 Å². The first-order valence-corrected chi connectivity index (χ1v) is 9.03. The van der Waals surface area contributed by atoms with Crippen molar-refractivity contribution in [3.63, 3.8) is 0 Å². The Morgan fingerprint density at radius 1 is 1.28 bits per heavy atom. The number of hydrogen-bond acceptors (Lipinski definition) is 8. The number of nitrogens with zero attached hydrogens (tertiary/aromatic N) is 3. The number of thioether (sulfide) groups is 1. The highest BCUT2D eigenvalue weighted by atomic mass is 32.2. The second-order valence-electron chi connectivity index (χ2n) is 5.86. The molecule has 0 aliphatic carbocycles. The summed E-state index contributed by atoms with van der Waals surface area (Å²) in [6.07, 6.45) is 1.44. The molecule has 0 bridgehead atoms. The maximum Gasteiger partial charge on any atom is 0.272 e. The Bertz CT molecular complexity index is 1170. The molecule has 1 aromatic carbocycles. The molecule has 4 rings (SSSR count). The van der Waals surface area contributed by atoms with Gasteiger partial charge >= 0.3 is 0 Å². The topological polar surface area (TPSA) is 125 Å². The van der Waals surface area contributed by atoms with Gasteiger partial charge in [-0.15, -0.1) is 0 Å². The minimum absolute atomic E-state index is 0.0720. The molecule has 3 heterocycles. The van der Waals surface area contributed by atoms with Crippen molar-refractivity contribution >= 4 is 46.5 Å². The maximum absolute atomic E-state index is 13.9. The van der Waals surface area contributed by atoms with Crippen LogP contribution in [0.4, 0.5) is 16.0 Å². The Morgan fingerprint density at radius 3 is 2.83 bits per heavy atom. The van der Waals surface area contributed by atoms with E-state index in [2.05, 4.69) is 20.3 Å². The molecule has 1 fully saturated rings. The Hall–Kier alpha value is -3.73. The quantitative estimate of drug-likeness (QED) is 0.627. The van der Waals surface area contributed by atoms with E-state index >= 15 is 0 Å². The number of nitrogens with one attached hydrogen (secondary N) is 2. The number of carbonyl (C=O) groups is 2. The predicted octanol–water partition coefficient (Wildman–Crippen LogP) is 3.48. The highest BCUT2D eigenvalue weighted by molar-refractivity contribution is 8.19. The van der Waals surface area contributed by atoms with Crippen LogP contribution in [0.5, 0.6) is 0 Å². The zero-order chi connectivity index (χ0) is 20.5. The Kier molecular flexibility index (Phi) is 4.72. The third-order valence-corrected chi connectivity index (χ3v) is 4.73. The van der Waals surface area contributed by atoms with Gasteiger partial charge in [-0.2, -0.15) is 0 Å². The molecular formula is C18H12FN5O4S. The summed E-state index contributed by atoms with van der Waals surface area (Å²) >= 11 is 0.875. The van der Waals surface area contributed by atoms with Gasteiger partial charge in [0.15, 0.2) is 5.17 Å². The number of aromatic nitrogens is 2. The van der Waals surface area contributed by atoms with E-state index in [0.717, 1.165) is 16.7 Å². The first-order chi connectivity index (χ1) is 13.9. The summed E-state index contributed by atoms with van der Waals surface area (Å²) in [6, 6.07) is 9.35. The standard InChI is InChI=1S/C18H12FN5O4S/c1-9(25)21-15-16(23-28-22-15)24-17(26)14(29-18(24)20)8-10-6-7-13(27-10)11-4-2-3-5-12(11)19/h2-8,20H,1H3,(H,21,22,25). The van der Waals surface area contributed by atoms with Crippen LogP contribution in [0, 0.1) is 11.2 Å². The molecule has 2 aromatic heterocycles. The minimum Gasteiger partial charge on any atom is -0.457 e. The van der Waals surface area contributed by atoms with Gasteiger partial charge in [0, 0.05) is 13.0 Å². The lowest BCUT2D eigenvalue weighted by molar-refractivity contribution is -0.114. The molecule has 0 unspecified atom stereocenters. The van der Waals surface area contributed by atoms with Gasteiger partial charge in [-0.1, -0.05) is 12.1 Å². The van der Waals surface area contributed by atoms with Gasteiger partial charge in [0.2, 0.25) is 17.5 Å². The summed E-state index contributed by atoms with van der Waals surface area (Å²) in [5.41, 5.74) is 0.297. The van der Waals surface area contributed by atoms with Crippen molar-refractivity contribution in [2.75, 3.05) is 10.2 Å².